The second-order valence-electron chi connectivity index (χ2n) is 4.02. The zero-order valence-corrected chi connectivity index (χ0v) is 11.3. The number of rotatable bonds is 3. The van der Waals surface area contributed by atoms with Crippen LogP contribution < -0.4 is 5.32 Å². The minimum absolute atomic E-state index is 0.0487. The summed E-state index contributed by atoms with van der Waals surface area (Å²) in [7, 11) is 0. The molecule has 0 amide bonds. The van der Waals surface area contributed by atoms with Crippen LogP contribution in [-0.2, 0) is 0 Å². The van der Waals surface area contributed by atoms with E-state index in [1.54, 1.807) is 18.3 Å². The van der Waals surface area contributed by atoms with Gasteiger partial charge in [0.1, 0.15) is 16.1 Å². The largest absolute Gasteiger partial charge is 0.508 e. The zero-order valence-electron chi connectivity index (χ0n) is 9.76. The molecule has 0 aliphatic carbocycles. The van der Waals surface area contributed by atoms with Gasteiger partial charge in [-0.2, -0.15) is 0 Å². The number of phenolic OH excluding ortho intramolecular Hbond substituents is 2. The van der Waals surface area contributed by atoms with Crippen LogP contribution in [0.1, 0.15) is 18.5 Å². The molecule has 2 rings (SSSR count). The lowest BCUT2D eigenvalue weighted by Gasteiger charge is -2.16. The lowest BCUT2D eigenvalue weighted by molar-refractivity contribution is 0.448. The lowest BCUT2D eigenvalue weighted by Crippen LogP contribution is -2.06. The van der Waals surface area contributed by atoms with Crippen LogP contribution in [-0.4, -0.2) is 15.2 Å². The molecule has 18 heavy (non-hydrogen) atoms. The summed E-state index contributed by atoms with van der Waals surface area (Å²) in [6, 6.07) is 8.22. The highest BCUT2D eigenvalue weighted by molar-refractivity contribution is 9.10. The third kappa shape index (κ3) is 3.13. The quantitative estimate of drug-likeness (QED) is 0.760. The standard InChI is InChI=1S/C13H13BrN2O2/c1-8(9-4-11(17)6-12(18)5-9)16-10-2-3-13(14)15-7-10/h2-8,16-18H,1H3. The predicted molar refractivity (Wildman–Crippen MR) is 73.7 cm³/mol. The van der Waals surface area contributed by atoms with Crippen molar-refractivity contribution in [1.82, 2.24) is 4.98 Å². The van der Waals surface area contributed by atoms with E-state index in [4.69, 9.17) is 0 Å². The monoisotopic (exact) mass is 308 g/mol. The van der Waals surface area contributed by atoms with Crippen molar-refractivity contribution < 1.29 is 10.2 Å². The normalized spacial score (nSPS) is 12.1. The van der Waals surface area contributed by atoms with Crippen molar-refractivity contribution in [2.24, 2.45) is 0 Å². The Hall–Kier alpha value is -1.75. The highest BCUT2D eigenvalue weighted by Crippen LogP contribution is 2.27. The average Bonchev–Trinajstić information content (AvgIpc) is 2.31. The summed E-state index contributed by atoms with van der Waals surface area (Å²) in [6.07, 6.45) is 1.71. The van der Waals surface area contributed by atoms with Crippen molar-refractivity contribution in [3.63, 3.8) is 0 Å². The van der Waals surface area contributed by atoms with Crippen molar-refractivity contribution >= 4 is 21.6 Å². The van der Waals surface area contributed by atoms with Gasteiger partial charge in [0, 0.05) is 12.1 Å². The average molecular weight is 309 g/mol. The van der Waals surface area contributed by atoms with Crippen LogP contribution in [0.25, 0.3) is 0 Å². The third-order valence-corrected chi connectivity index (χ3v) is 3.00. The number of hydrogen-bond donors (Lipinski definition) is 3. The first kappa shape index (κ1) is 12.7. The third-order valence-electron chi connectivity index (χ3n) is 2.54. The summed E-state index contributed by atoms with van der Waals surface area (Å²) in [5, 5.41) is 22.1. The van der Waals surface area contributed by atoms with Crippen molar-refractivity contribution in [2.75, 3.05) is 5.32 Å². The van der Waals surface area contributed by atoms with Gasteiger partial charge in [0.15, 0.2) is 0 Å². The first-order chi connectivity index (χ1) is 8.54. The molecule has 1 aromatic heterocycles. The number of benzene rings is 1. The van der Waals surface area contributed by atoms with Crippen LogP contribution >= 0.6 is 15.9 Å². The van der Waals surface area contributed by atoms with Gasteiger partial charge in [0.05, 0.1) is 11.9 Å². The van der Waals surface area contributed by atoms with Crippen LogP contribution in [0.5, 0.6) is 11.5 Å². The molecule has 0 spiro atoms. The number of phenols is 2. The molecule has 0 aliphatic heterocycles. The van der Waals surface area contributed by atoms with E-state index in [1.807, 2.05) is 19.1 Å². The fourth-order valence-corrected chi connectivity index (χ4v) is 1.90. The topological polar surface area (TPSA) is 65.4 Å². The van der Waals surface area contributed by atoms with Gasteiger partial charge in [-0.1, -0.05) is 0 Å². The number of hydrogen-bond acceptors (Lipinski definition) is 4. The molecule has 2 aromatic rings. The fraction of sp³-hybridized carbons (Fsp3) is 0.154. The summed E-state index contributed by atoms with van der Waals surface area (Å²) >= 11 is 3.27. The molecule has 0 radical (unpaired) electrons. The maximum atomic E-state index is 9.44. The number of halogens is 1. The minimum Gasteiger partial charge on any atom is -0.508 e. The van der Waals surface area contributed by atoms with Crippen molar-refractivity contribution in [2.45, 2.75) is 13.0 Å². The number of pyridine rings is 1. The molecule has 1 atom stereocenters. The predicted octanol–water partition coefficient (Wildman–Crippen LogP) is 3.43. The Morgan fingerprint density at radius 1 is 1.17 bits per heavy atom. The Morgan fingerprint density at radius 3 is 2.39 bits per heavy atom. The van der Waals surface area contributed by atoms with Crippen LogP contribution in [0.3, 0.4) is 0 Å². The number of nitrogens with one attached hydrogen (secondary N) is 1. The van der Waals surface area contributed by atoms with Crippen molar-refractivity contribution in [1.29, 1.82) is 0 Å². The number of aromatic hydroxyl groups is 2. The van der Waals surface area contributed by atoms with Gasteiger partial charge in [0.2, 0.25) is 0 Å². The Labute approximate surface area is 113 Å². The van der Waals surface area contributed by atoms with Gasteiger partial charge >= 0.3 is 0 Å². The molecule has 1 aromatic carbocycles. The summed E-state index contributed by atoms with van der Waals surface area (Å²) in [6.45, 7) is 1.94. The van der Waals surface area contributed by atoms with E-state index in [0.717, 1.165) is 15.9 Å². The van der Waals surface area contributed by atoms with E-state index in [1.165, 1.54) is 6.07 Å². The van der Waals surface area contributed by atoms with E-state index < -0.39 is 0 Å². The second kappa shape index (κ2) is 5.27. The summed E-state index contributed by atoms with van der Waals surface area (Å²) < 4.78 is 0.774. The summed E-state index contributed by atoms with van der Waals surface area (Å²) in [4.78, 5) is 4.12. The van der Waals surface area contributed by atoms with Crippen molar-refractivity contribution in [3.05, 3.63) is 46.7 Å². The Morgan fingerprint density at radius 2 is 1.83 bits per heavy atom. The Balaban J connectivity index is 2.16. The molecule has 0 aliphatic rings. The van der Waals surface area contributed by atoms with E-state index in [0.29, 0.717) is 0 Å². The Kier molecular flexibility index (Phi) is 3.72. The van der Waals surface area contributed by atoms with E-state index in [2.05, 4.69) is 26.2 Å². The molecular weight excluding hydrogens is 296 g/mol. The fourth-order valence-electron chi connectivity index (χ4n) is 1.66. The first-order valence-electron chi connectivity index (χ1n) is 5.45. The molecule has 3 N–H and O–H groups in total. The highest BCUT2D eigenvalue weighted by atomic mass is 79.9. The van der Waals surface area contributed by atoms with Gasteiger partial charge in [0.25, 0.3) is 0 Å². The van der Waals surface area contributed by atoms with E-state index in [9.17, 15) is 10.2 Å². The zero-order chi connectivity index (χ0) is 13.1. The summed E-state index contributed by atoms with van der Waals surface area (Å²) in [5.41, 5.74) is 1.67. The molecule has 4 nitrogen and oxygen atoms in total. The lowest BCUT2D eigenvalue weighted by atomic mass is 10.1. The molecular formula is C13H13BrN2O2. The summed E-state index contributed by atoms with van der Waals surface area (Å²) in [5.74, 6) is 0.0974. The molecule has 0 saturated heterocycles. The van der Waals surface area contributed by atoms with Crippen molar-refractivity contribution in [3.8, 4) is 11.5 Å². The molecule has 94 valence electrons. The van der Waals surface area contributed by atoms with Crippen LogP contribution in [0, 0.1) is 0 Å². The maximum Gasteiger partial charge on any atom is 0.119 e. The van der Waals surface area contributed by atoms with Crippen LogP contribution in [0.2, 0.25) is 0 Å². The Bertz CT molecular complexity index is 523. The van der Waals surface area contributed by atoms with Gasteiger partial charge in [-0.25, -0.2) is 4.98 Å². The van der Waals surface area contributed by atoms with Gasteiger partial charge in [-0.3, -0.25) is 0 Å². The molecule has 1 unspecified atom stereocenters. The van der Waals surface area contributed by atoms with Gasteiger partial charge in [-0.05, 0) is 52.7 Å². The van der Waals surface area contributed by atoms with Crippen LogP contribution in [0.4, 0.5) is 5.69 Å². The molecule has 0 bridgehead atoms. The molecule has 5 heteroatoms. The van der Waals surface area contributed by atoms with Crippen LogP contribution in [0.15, 0.2) is 41.1 Å². The van der Waals surface area contributed by atoms with Gasteiger partial charge in [-0.15, -0.1) is 0 Å². The van der Waals surface area contributed by atoms with Gasteiger partial charge < -0.3 is 15.5 Å². The molecule has 1 heterocycles. The number of anilines is 1. The smallest absolute Gasteiger partial charge is 0.119 e. The number of aromatic nitrogens is 1. The van der Waals surface area contributed by atoms with E-state index >= 15 is 0 Å². The second-order valence-corrected chi connectivity index (χ2v) is 4.83. The highest BCUT2D eigenvalue weighted by Gasteiger charge is 2.08. The molecule has 0 saturated carbocycles. The van der Waals surface area contributed by atoms with E-state index in [-0.39, 0.29) is 17.5 Å². The minimum atomic E-state index is -0.0500. The SMILES string of the molecule is CC(Nc1ccc(Br)nc1)c1cc(O)cc(O)c1. The first-order valence-corrected chi connectivity index (χ1v) is 6.25. The number of nitrogens with zero attached hydrogens (tertiary/aromatic N) is 1. The maximum absolute atomic E-state index is 9.44. The molecule has 0 fully saturated rings.